The van der Waals surface area contributed by atoms with E-state index in [1.165, 1.54) is 0 Å². The van der Waals surface area contributed by atoms with Crippen molar-refractivity contribution in [2.45, 2.75) is 24.9 Å². The van der Waals surface area contributed by atoms with Crippen LogP contribution in [0.5, 0.6) is 0 Å². The van der Waals surface area contributed by atoms with Gasteiger partial charge in [0, 0.05) is 23.7 Å². The Morgan fingerprint density at radius 1 is 1.50 bits per heavy atom. The van der Waals surface area contributed by atoms with Gasteiger partial charge in [0.25, 0.3) is 5.91 Å². The van der Waals surface area contributed by atoms with Crippen LogP contribution in [0.15, 0.2) is 29.4 Å². The van der Waals surface area contributed by atoms with Gasteiger partial charge in [0.15, 0.2) is 5.60 Å². The number of piperidine rings is 1. The van der Waals surface area contributed by atoms with Gasteiger partial charge < -0.3 is 15.5 Å². The normalized spacial score (nSPS) is 25.1. The molecule has 2 aliphatic rings. The molecular weight excluding hydrogens is 278 g/mol. The van der Waals surface area contributed by atoms with Crippen LogP contribution in [0.3, 0.4) is 0 Å². The van der Waals surface area contributed by atoms with Crippen molar-refractivity contribution in [2.24, 2.45) is 5.16 Å². The predicted molar refractivity (Wildman–Crippen MR) is 78.1 cm³/mol. The summed E-state index contributed by atoms with van der Waals surface area (Å²) in [6.07, 6.45) is 2.52. The highest BCUT2D eigenvalue weighted by Gasteiger charge is 2.42. The number of amides is 1. The van der Waals surface area contributed by atoms with Gasteiger partial charge in [0.1, 0.15) is 5.71 Å². The fourth-order valence-corrected chi connectivity index (χ4v) is 2.77. The Morgan fingerprint density at radius 3 is 3.15 bits per heavy atom. The minimum atomic E-state index is -0.334. The van der Waals surface area contributed by atoms with Crippen LogP contribution in [-0.4, -0.2) is 30.3 Å². The van der Waals surface area contributed by atoms with Crippen LogP contribution >= 0.6 is 11.6 Å². The molecule has 1 fully saturated rings. The van der Waals surface area contributed by atoms with Crippen molar-refractivity contribution in [3.05, 3.63) is 29.3 Å². The number of hydrogen-bond acceptors (Lipinski definition) is 4. The van der Waals surface area contributed by atoms with Crippen LogP contribution in [0, 0.1) is 0 Å². The van der Waals surface area contributed by atoms with Crippen LogP contribution in [0.1, 0.15) is 19.3 Å². The van der Waals surface area contributed by atoms with Crippen LogP contribution in [0.25, 0.3) is 0 Å². The summed E-state index contributed by atoms with van der Waals surface area (Å²) in [6.45, 7) is 1.74. The molecule has 0 aromatic heterocycles. The van der Waals surface area contributed by atoms with Crippen molar-refractivity contribution in [1.82, 2.24) is 5.32 Å². The van der Waals surface area contributed by atoms with E-state index in [1.54, 1.807) is 24.3 Å². The van der Waals surface area contributed by atoms with Gasteiger partial charge in [-0.15, -0.1) is 0 Å². The lowest BCUT2D eigenvalue weighted by molar-refractivity contribution is -0.110. The molecule has 1 atom stereocenters. The van der Waals surface area contributed by atoms with Gasteiger partial charge in [-0.2, -0.15) is 0 Å². The standard InChI is InChI=1S/C14H16ClN3O2/c15-10-3-1-4-11(7-10)17-13(19)12-8-14(20-18-12)5-2-6-16-9-14/h1,3-4,7,16H,2,5-6,8-9H2,(H,17,19)/t14-/m1/s1. The average Bonchev–Trinajstić information content (AvgIpc) is 2.83. The Balaban J connectivity index is 1.64. The number of oxime groups is 1. The molecule has 0 radical (unpaired) electrons. The molecule has 5 nitrogen and oxygen atoms in total. The Bertz CT molecular complexity index is 553. The van der Waals surface area contributed by atoms with E-state index in [0.29, 0.717) is 22.8 Å². The molecule has 1 saturated heterocycles. The van der Waals surface area contributed by atoms with Crippen molar-refractivity contribution in [3.63, 3.8) is 0 Å². The molecule has 1 spiro atoms. The van der Waals surface area contributed by atoms with Crippen molar-refractivity contribution in [1.29, 1.82) is 0 Å². The van der Waals surface area contributed by atoms with Crippen LogP contribution in [0.2, 0.25) is 5.02 Å². The molecule has 3 rings (SSSR count). The van der Waals surface area contributed by atoms with Crippen molar-refractivity contribution in [3.8, 4) is 0 Å². The quantitative estimate of drug-likeness (QED) is 0.878. The molecule has 2 aliphatic heterocycles. The van der Waals surface area contributed by atoms with Gasteiger partial charge >= 0.3 is 0 Å². The molecule has 20 heavy (non-hydrogen) atoms. The zero-order valence-corrected chi connectivity index (χ0v) is 11.7. The fraction of sp³-hybridized carbons (Fsp3) is 0.429. The van der Waals surface area contributed by atoms with Crippen LogP contribution in [-0.2, 0) is 9.63 Å². The second-order valence-electron chi connectivity index (χ2n) is 5.23. The molecule has 6 heteroatoms. The summed E-state index contributed by atoms with van der Waals surface area (Å²) in [5, 5.41) is 10.6. The number of hydrogen-bond donors (Lipinski definition) is 2. The van der Waals surface area contributed by atoms with E-state index in [9.17, 15) is 4.79 Å². The molecule has 2 heterocycles. The lowest BCUT2D eigenvalue weighted by Crippen LogP contribution is -2.46. The predicted octanol–water partition coefficient (Wildman–Crippen LogP) is 2.18. The highest BCUT2D eigenvalue weighted by Crippen LogP contribution is 2.30. The maximum Gasteiger partial charge on any atom is 0.273 e. The molecular formula is C14H16ClN3O2. The first-order chi connectivity index (χ1) is 9.67. The monoisotopic (exact) mass is 293 g/mol. The molecule has 0 aliphatic carbocycles. The Hall–Kier alpha value is -1.59. The Labute approximate surface area is 122 Å². The van der Waals surface area contributed by atoms with Gasteiger partial charge in [-0.05, 0) is 37.6 Å². The van der Waals surface area contributed by atoms with Gasteiger partial charge in [-0.3, -0.25) is 4.79 Å². The highest BCUT2D eigenvalue weighted by atomic mass is 35.5. The molecule has 1 aromatic rings. The Kier molecular flexibility index (Phi) is 3.63. The van der Waals surface area contributed by atoms with Crippen molar-refractivity contribution < 1.29 is 9.63 Å². The second kappa shape index (κ2) is 5.42. The summed E-state index contributed by atoms with van der Waals surface area (Å²) in [5.74, 6) is -0.227. The van der Waals surface area contributed by atoms with Crippen molar-refractivity contribution in [2.75, 3.05) is 18.4 Å². The summed E-state index contributed by atoms with van der Waals surface area (Å²) in [6, 6.07) is 7.04. The second-order valence-corrected chi connectivity index (χ2v) is 5.67. The lowest BCUT2D eigenvalue weighted by atomic mass is 9.89. The minimum absolute atomic E-state index is 0.227. The maximum atomic E-state index is 12.2. The number of rotatable bonds is 2. The summed E-state index contributed by atoms with van der Waals surface area (Å²) in [5.41, 5.74) is 0.765. The van der Waals surface area contributed by atoms with E-state index in [1.807, 2.05) is 0 Å². The topological polar surface area (TPSA) is 62.7 Å². The first-order valence-corrected chi connectivity index (χ1v) is 7.07. The van der Waals surface area contributed by atoms with E-state index in [0.717, 1.165) is 25.9 Å². The highest BCUT2D eigenvalue weighted by molar-refractivity contribution is 6.43. The van der Waals surface area contributed by atoms with Gasteiger partial charge in [0.05, 0.1) is 0 Å². The number of nitrogens with one attached hydrogen (secondary N) is 2. The third-order valence-electron chi connectivity index (χ3n) is 3.62. The smallest absolute Gasteiger partial charge is 0.273 e. The molecule has 0 saturated carbocycles. The SMILES string of the molecule is O=C(Nc1cccc(Cl)c1)C1=NO[C@]2(CCCNC2)C1. The zero-order chi connectivity index (χ0) is 14.0. The molecule has 0 unspecified atom stereocenters. The average molecular weight is 294 g/mol. The third kappa shape index (κ3) is 2.78. The summed E-state index contributed by atoms with van der Waals surface area (Å²) < 4.78 is 0. The number of carbonyl (C=O) groups is 1. The Morgan fingerprint density at radius 2 is 2.40 bits per heavy atom. The number of anilines is 1. The van der Waals surface area contributed by atoms with Crippen LogP contribution < -0.4 is 10.6 Å². The summed E-state index contributed by atoms with van der Waals surface area (Å²) in [7, 11) is 0. The molecule has 1 amide bonds. The number of halogens is 1. The molecule has 0 bridgehead atoms. The van der Waals surface area contributed by atoms with Gasteiger partial charge in [0.2, 0.25) is 0 Å². The first-order valence-electron chi connectivity index (χ1n) is 6.70. The largest absolute Gasteiger partial charge is 0.387 e. The number of benzene rings is 1. The van der Waals surface area contributed by atoms with E-state index < -0.39 is 0 Å². The lowest BCUT2D eigenvalue weighted by Gasteiger charge is -2.30. The van der Waals surface area contributed by atoms with Gasteiger partial charge in [-0.25, -0.2) is 0 Å². The van der Waals surface area contributed by atoms with E-state index in [2.05, 4.69) is 15.8 Å². The minimum Gasteiger partial charge on any atom is -0.387 e. The maximum absolute atomic E-state index is 12.2. The summed E-state index contributed by atoms with van der Waals surface area (Å²) >= 11 is 5.89. The first kappa shape index (κ1) is 13.4. The third-order valence-corrected chi connectivity index (χ3v) is 3.85. The van der Waals surface area contributed by atoms with Crippen molar-refractivity contribution >= 4 is 28.9 Å². The number of carbonyl (C=O) groups excluding carboxylic acids is 1. The molecule has 1 aromatic carbocycles. The van der Waals surface area contributed by atoms with E-state index in [-0.39, 0.29) is 11.5 Å². The summed E-state index contributed by atoms with van der Waals surface area (Å²) in [4.78, 5) is 17.7. The fourth-order valence-electron chi connectivity index (χ4n) is 2.58. The van der Waals surface area contributed by atoms with E-state index in [4.69, 9.17) is 16.4 Å². The van der Waals surface area contributed by atoms with Crippen LogP contribution in [0.4, 0.5) is 5.69 Å². The van der Waals surface area contributed by atoms with E-state index >= 15 is 0 Å². The molecule has 2 N–H and O–H groups in total. The zero-order valence-electron chi connectivity index (χ0n) is 11.0. The number of nitrogens with zero attached hydrogens (tertiary/aromatic N) is 1. The molecule has 106 valence electrons. The van der Waals surface area contributed by atoms with Gasteiger partial charge in [-0.1, -0.05) is 22.8 Å².